The van der Waals surface area contributed by atoms with Crippen LogP contribution in [0.4, 0.5) is 5.69 Å². The van der Waals surface area contributed by atoms with Crippen molar-refractivity contribution in [1.29, 1.82) is 0 Å². The van der Waals surface area contributed by atoms with Crippen molar-refractivity contribution < 1.29 is 23.8 Å². The second-order valence-electron chi connectivity index (χ2n) is 9.92. The lowest BCUT2D eigenvalue weighted by Crippen LogP contribution is -2.51. The number of aromatic nitrogens is 3. The minimum atomic E-state index is -1.08. The normalized spacial score (nSPS) is 12.1. The van der Waals surface area contributed by atoms with Crippen LogP contribution in [0, 0.1) is 0 Å². The van der Waals surface area contributed by atoms with E-state index in [4.69, 9.17) is 14.2 Å². The quantitative estimate of drug-likeness (QED) is 0.295. The Balaban J connectivity index is 1.89. The number of fused-ring (bicyclic) bond motifs is 1. The van der Waals surface area contributed by atoms with Gasteiger partial charge in [0.2, 0.25) is 17.6 Å². The molecule has 0 unspecified atom stereocenters. The van der Waals surface area contributed by atoms with Gasteiger partial charge < -0.3 is 19.5 Å². The van der Waals surface area contributed by atoms with Gasteiger partial charge in [0.05, 0.1) is 26.8 Å². The van der Waals surface area contributed by atoms with Crippen molar-refractivity contribution in [2.24, 2.45) is 0 Å². The van der Waals surface area contributed by atoms with Crippen LogP contribution in [-0.2, 0) is 16.1 Å². The highest BCUT2D eigenvalue weighted by atomic mass is 16.5. The molecule has 1 N–H and O–H groups in total. The molecular formula is C30H35N5O5. The zero-order chi connectivity index (χ0) is 28.9. The van der Waals surface area contributed by atoms with E-state index in [0.717, 1.165) is 0 Å². The van der Waals surface area contributed by atoms with Crippen LogP contribution in [0.15, 0.2) is 66.7 Å². The van der Waals surface area contributed by atoms with Crippen molar-refractivity contribution in [2.75, 3.05) is 26.2 Å². The van der Waals surface area contributed by atoms with Gasteiger partial charge in [-0.05, 0) is 62.2 Å². The highest BCUT2D eigenvalue weighted by Crippen LogP contribution is 2.41. The summed E-state index contributed by atoms with van der Waals surface area (Å²) in [4.78, 5) is 29.8. The van der Waals surface area contributed by atoms with Crippen molar-refractivity contribution in [1.82, 2.24) is 20.3 Å². The molecule has 10 nitrogen and oxygen atoms in total. The summed E-state index contributed by atoms with van der Waals surface area (Å²) >= 11 is 0. The fourth-order valence-electron chi connectivity index (χ4n) is 4.43. The Labute approximate surface area is 233 Å². The molecule has 0 bridgehead atoms. The molecule has 40 heavy (non-hydrogen) atoms. The SMILES string of the molecule is CCC(C)(C)NC(=O)[C@H](c1cc(OC)c(OC)c(OC)c1)N(C(=O)Cn1nnc2ccccc21)c1ccccc1. The maximum absolute atomic E-state index is 14.2. The molecule has 1 aromatic heterocycles. The van der Waals surface area contributed by atoms with E-state index in [1.54, 1.807) is 24.3 Å². The molecule has 2 amide bonds. The molecule has 210 valence electrons. The molecule has 0 saturated carbocycles. The van der Waals surface area contributed by atoms with Crippen LogP contribution >= 0.6 is 0 Å². The number of nitrogens with zero attached hydrogens (tertiary/aromatic N) is 4. The maximum Gasteiger partial charge on any atom is 0.249 e. The first-order chi connectivity index (χ1) is 19.2. The number of carbonyl (C=O) groups excluding carboxylic acids is 2. The molecule has 0 aliphatic carbocycles. The van der Waals surface area contributed by atoms with Gasteiger partial charge in [0.25, 0.3) is 0 Å². The highest BCUT2D eigenvalue weighted by molar-refractivity contribution is 6.01. The van der Waals surface area contributed by atoms with E-state index in [0.29, 0.717) is 46.0 Å². The minimum absolute atomic E-state index is 0.138. The van der Waals surface area contributed by atoms with Crippen molar-refractivity contribution in [2.45, 2.75) is 45.3 Å². The van der Waals surface area contributed by atoms with Crippen LogP contribution in [0.25, 0.3) is 11.0 Å². The van der Waals surface area contributed by atoms with Gasteiger partial charge in [-0.25, -0.2) is 4.68 Å². The summed E-state index contributed by atoms with van der Waals surface area (Å²) in [5.74, 6) is 0.402. The van der Waals surface area contributed by atoms with E-state index >= 15 is 0 Å². The Morgan fingerprint density at radius 3 is 2.17 bits per heavy atom. The summed E-state index contributed by atoms with van der Waals surface area (Å²) in [5.41, 5.74) is 1.89. The standard InChI is InChI=1S/C30H35N5O5/c1-7-30(2,3)31-29(37)27(20-17-24(38-4)28(40-6)25(18-20)39-5)35(21-13-9-8-10-14-21)26(36)19-34-23-16-12-11-15-22(23)32-33-34/h8-18,27H,7,19H2,1-6H3,(H,31,37)/t27-/m0/s1. The fourth-order valence-corrected chi connectivity index (χ4v) is 4.43. The van der Waals surface area contributed by atoms with Crippen LogP contribution in [0.1, 0.15) is 38.8 Å². The van der Waals surface area contributed by atoms with Crippen LogP contribution in [0.2, 0.25) is 0 Å². The van der Waals surface area contributed by atoms with Gasteiger partial charge in [-0.3, -0.25) is 14.5 Å². The topological polar surface area (TPSA) is 108 Å². The fraction of sp³-hybridized carbons (Fsp3) is 0.333. The average Bonchev–Trinajstić information content (AvgIpc) is 3.37. The predicted molar refractivity (Wildman–Crippen MR) is 153 cm³/mol. The molecule has 1 atom stereocenters. The molecule has 0 radical (unpaired) electrons. The summed E-state index contributed by atoms with van der Waals surface area (Å²) in [6.07, 6.45) is 0.685. The van der Waals surface area contributed by atoms with Crippen LogP contribution < -0.4 is 24.4 Å². The number of anilines is 1. The van der Waals surface area contributed by atoms with Gasteiger partial charge in [-0.15, -0.1) is 5.10 Å². The third-order valence-corrected chi connectivity index (χ3v) is 6.86. The maximum atomic E-state index is 14.2. The van der Waals surface area contributed by atoms with Crippen LogP contribution in [-0.4, -0.2) is 53.7 Å². The van der Waals surface area contributed by atoms with E-state index in [1.165, 1.54) is 30.9 Å². The van der Waals surface area contributed by atoms with Gasteiger partial charge in [-0.2, -0.15) is 0 Å². The Morgan fingerprint density at radius 1 is 0.950 bits per heavy atom. The molecular weight excluding hydrogens is 510 g/mol. The number of benzene rings is 3. The van der Waals surface area contributed by atoms with Crippen molar-refractivity contribution in [3.05, 3.63) is 72.3 Å². The molecule has 0 aliphatic heterocycles. The number of para-hydroxylation sites is 2. The monoisotopic (exact) mass is 545 g/mol. The number of hydrogen-bond acceptors (Lipinski definition) is 7. The highest BCUT2D eigenvalue weighted by Gasteiger charge is 2.36. The lowest BCUT2D eigenvalue weighted by Gasteiger charge is -2.35. The Kier molecular flexibility index (Phi) is 8.57. The lowest BCUT2D eigenvalue weighted by atomic mass is 9.97. The third-order valence-electron chi connectivity index (χ3n) is 6.86. The second-order valence-corrected chi connectivity index (χ2v) is 9.92. The summed E-state index contributed by atoms with van der Waals surface area (Å²) in [5, 5.41) is 11.5. The zero-order valence-electron chi connectivity index (χ0n) is 23.7. The molecule has 3 aromatic carbocycles. The number of methoxy groups -OCH3 is 3. The number of hydrogen-bond donors (Lipinski definition) is 1. The van der Waals surface area contributed by atoms with E-state index in [9.17, 15) is 9.59 Å². The van der Waals surface area contributed by atoms with Gasteiger partial charge in [-0.1, -0.05) is 42.5 Å². The molecule has 0 saturated heterocycles. The lowest BCUT2D eigenvalue weighted by molar-refractivity contribution is -0.128. The second kappa shape index (κ2) is 12.1. The third kappa shape index (κ3) is 5.85. The molecule has 0 spiro atoms. The van der Waals surface area contributed by atoms with E-state index in [2.05, 4.69) is 15.6 Å². The molecule has 10 heteroatoms. The first kappa shape index (κ1) is 28.4. The molecule has 4 aromatic rings. The van der Waals surface area contributed by atoms with Gasteiger partial charge in [0.15, 0.2) is 11.5 Å². The van der Waals surface area contributed by atoms with Gasteiger partial charge >= 0.3 is 0 Å². The van der Waals surface area contributed by atoms with Crippen LogP contribution in [0.5, 0.6) is 17.2 Å². The number of nitrogens with one attached hydrogen (secondary N) is 1. The molecule has 0 fully saturated rings. The van der Waals surface area contributed by atoms with Crippen LogP contribution in [0.3, 0.4) is 0 Å². The summed E-state index contributed by atoms with van der Waals surface area (Å²) in [6, 6.07) is 18.8. The van der Waals surface area contributed by atoms with Gasteiger partial charge in [0, 0.05) is 11.2 Å². The van der Waals surface area contributed by atoms with E-state index < -0.39 is 11.6 Å². The molecule has 4 rings (SSSR count). The number of amides is 2. The van der Waals surface area contributed by atoms with Gasteiger partial charge in [0.1, 0.15) is 18.1 Å². The molecule has 0 aliphatic rings. The molecule has 1 heterocycles. The van der Waals surface area contributed by atoms with Crippen molar-refractivity contribution >= 4 is 28.5 Å². The Bertz CT molecular complexity index is 1460. The zero-order valence-corrected chi connectivity index (χ0v) is 23.7. The summed E-state index contributed by atoms with van der Waals surface area (Å²) in [6.45, 7) is 5.73. The number of rotatable bonds is 11. The van der Waals surface area contributed by atoms with Crippen molar-refractivity contribution in [3.8, 4) is 17.2 Å². The predicted octanol–water partition coefficient (Wildman–Crippen LogP) is 4.54. The average molecular weight is 546 g/mol. The largest absolute Gasteiger partial charge is 0.493 e. The Morgan fingerprint density at radius 2 is 1.57 bits per heavy atom. The smallest absolute Gasteiger partial charge is 0.249 e. The number of carbonyl (C=O) groups is 2. The first-order valence-electron chi connectivity index (χ1n) is 13.0. The number of ether oxygens (including phenoxy) is 3. The Hall–Kier alpha value is -4.60. The summed E-state index contributed by atoms with van der Waals surface area (Å²) in [7, 11) is 4.52. The summed E-state index contributed by atoms with van der Waals surface area (Å²) < 4.78 is 18.2. The minimum Gasteiger partial charge on any atom is -0.493 e. The van der Waals surface area contributed by atoms with Crippen molar-refractivity contribution in [3.63, 3.8) is 0 Å². The van der Waals surface area contributed by atoms with E-state index in [-0.39, 0.29) is 18.4 Å². The van der Waals surface area contributed by atoms with E-state index in [1.807, 2.05) is 63.2 Å². The first-order valence-corrected chi connectivity index (χ1v) is 13.0.